The van der Waals surface area contributed by atoms with E-state index in [1.165, 1.54) is 0 Å². The van der Waals surface area contributed by atoms with E-state index in [0.29, 0.717) is 0 Å². The fourth-order valence-corrected chi connectivity index (χ4v) is 4.58. The summed E-state index contributed by atoms with van der Waals surface area (Å²) in [7, 11) is -3.25. The minimum atomic E-state index is -4.97. The van der Waals surface area contributed by atoms with Crippen molar-refractivity contribution in [3.05, 3.63) is 17.0 Å². The molecule has 0 radical (unpaired) electrons. The van der Waals surface area contributed by atoms with Gasteiger partial charge >= 0.3 is 6.18 Å². The SMILES string of the molecule is O=S1(=O)CCC(n2nc(C(F)(F)F)c3c2CC(F)(F)[C@H]3O)CC1. The molecule has 2 heterocycles. The van der Waals surface area contributed by atoms with Crippen LogP contribution in [0.3, 0.4) is 0 Å². The number of aliphatic hydroxyl groups excluding tert-OH is 1. The lowest BCUT2D eigenvalue weighted by Crippen LogP contribution is -2.29. The standard InChI is InChI=1S/C12H13F5N2O3S/c13-11(14)5-7-8(10(11)20)9(12(15,16)17)18-19(7)6-1-3-23(21,22)4-2-6/h6,10,20H,1-5H2/t10-/m0/s1. The Hall–Kier alpha value is -1.23. The first kappa shape index (κ1) is 16.6. The summed E-state index contributed by atoms with van der Waals surface area (Å²) in [5, 5.41) is 12.9. The number of hydrogen-bond acceptors (Lipinski definition) is 4. The zero-order valence-electron chi connectivity index (χ0n) is 11.6. The van der Waals surface area contributed by atoms with E-state index in [2.05, 4.69) is 5.10 Å². The molecule has 1 N–H and O–H groups in total. The van der Waals surface area contributed by atoms with Crippen molar-refractivity contribution < 1.29 is 35.5 Å². The molecular weight excluding hydrogens is 347 g/mol. The van der Waals surface area contributed by atoms with Gasteiger partial charge in [0.05, 0.1) is 29.7 Å². The second-order valence-electron chi connectivity index (χ2n) is 5.87. The van der Waals surface area contributed by atoms with Crippen molar-refractivity contribution in [1.82, 2.24) is 9.78 Å². The summed E-state index contributed by atoms with van der Waals surface area (Å²) >= 11 is 0. The van der Waals surface area contributed by atoms with Crippen LogP contribution in [0.1, 0.15) is 41.9 Å². The Morgan fingerprint density at radius 3 is 2.30 bits per heavy atom. The monoisotopic (exact) mass is 360 g/mol. The molecule has 0 amide bonds. The molecular formula is C12H13F5N2O3S. The fourth-order valence-electron chi connectivity index (χ4n) is 3.11. The van der Waals surface area contributed by atoms with Crippen LogP contribution < -0.4 is 0 Å². The van der Waals surface area contributed by atoms with E-state index < -0.39 is 51.8 Å². The number of hydrogen-bond donors (Lipinski definition) is 1. The van der Waals surface area contributed by atoms with Gasteiger partial charge in [-0.25, -0.2) is 17.2 Å². The minimum Gasteiger partial charge on any atom is -0.382 e. The zero-order chi connectivity index (χ0) is 17.2. The number of sulfone groups is 1. The Labute approximate surface area is 128 Å². The normalized spacial score (nSPS) is 27.1. The van der Waals surface area contributed by atoms with Crippen molar-refractivity contribution >= 4 is 9.84 Å². The van der Waals surface area contributed by atoms with Crippen LogP contribution in [0.5, 0.6) is 0 Å². The lowest BCUT2D eigenvalue weighted by Gasteiger charge is -2.24. The predicted molar refractivity (Wildman–Crippen MR) is 67.8 cm³/mol. The lowest BCUT2D eigenvalue weighted by atomic mass is 10.1. The van der Waals surface area contributed by atoms with Crippen LogP contribution in [0.15, 0.2) is 0 Å². The summed E-state index contributed by atoms with van der Waals surface area (Å²) in [6, 6.07) is -0.704. The molecule has 0 unspecified atom stereocenters. The van der Waals surface area contributed by atoms with Gasteiger partial charge in [0, 0.05) is 5.56 Å². The largest absolute Gasteiger partial charge is 0.435 e. The van der Waals surface area contributed by atoms with Gasteiger partial charge in [0.15, 0.2) is 5.69 Å². The van der Waals surface area contributed by atoms with Crippen molar-refractivity contribution in [2.75, 3.05) is 11.5 Å². The van der Waals surface area contributed by atoms with E-state index in [0.717, 1.165) is 4.68 Å². The summed E-state index contributed by atoms with van der Waals surface area (Å²) in [4.78, 5) is 0. The summed E-state index contributed by atoms with van der Waals surface area (Å²) in [5.41, 5.74) is -2.78. The average molecular weight is 360 g/mol. The lowest BCUT2D eigenvalue weighted by molar-refractivity contribution is -0.146. The van der Waals surface area contributed by atoms with Gasteiger partial charge in [0.1, 0.15) is 15.9 Å². The minimum absolute atomic E-state index is 0.00934. The van der Waals surface area contributed by atoms with Crippen molar-refractivity contribution in [3.63, 3.8) is 0 Å². The number of halogens is 5. The van der Waals surface area contributed by atoms with E-state index in [1.54, 1.807) is 0 Å². The molecule has 1 aliphatic carbocycles. The zero-order valence-corrected chi connectivity index (χ0v) is 12.5. The van der Waals surface area contributed by atoms with Crippen LogP contribution in [0, 0.1) is 0 Å². The Balaban J connectivity index is 2.06. The van der Waals surface area contributed by atoms with Crippen LogP contribution in [0.25, 0.3) is 0 Å². The molecule has 11 heteroatoms. The third-order valence-electron chi connectivity index (χ3n) is 4.27. The third kappa shape index (κ3) is 2.73. The quantitative estimate of drug-likeness (QED) is 0.777. The number of aliphatic hydroxyl groups is 1. The third-order valence-corrected chi connectivity index (χ3v) is 5.98. The summed E-state index contributed by atoms with van der Waals surface area (Å²) < 4.78 is 90.1. The van der Waals surface area contributed by atoms with Crippen LogP contribution in [0.4, 0.5) is 22.0 Å². The Bertz CT molecular complexity index is 727. The molecule has 0 spiro atoms. The summed E-state index contributed by atoms with van der Waals surface area (Å²) in [6.45, 7) is 0. The van der Waals surface area contributed by atoms with Gasteiger partial charge in [-0.15, -0.1) is 0 Å². The van der Waals surface area contributed by atoms with Gasteiger partial charge in [-0.2, -0.15) is 18.3 Å². The second-order valence-corrected chi connectivity index (χ2v) is 8.18. The van der Waals surface area contributed by atoms with Gasteiger partial charge in [-0.05, 0) is 12.8 Å². The van der Waals surface area contributed by atoms with E-state index in [9.17, 15) is 35.5 Å². The predicted octanol–water partition coefficient (Wildman–Crippen LogP) is 1.88. The molecule has 0 bridgehead atoms. The fraction of sp³-hybridized carbons (Fsp3) is 0.750. The van der Waals surface area contributed by atoms with Crippen molar-refractivity contribution in [2.24, 2.45) is 0 Å². The first-order chi connectivity index (χ1) is 10.4. The van der Waals surface area contributed by atoms with Crippen LogP contribution in [-0.2, 0) is 22.4 Å². The first-order valence-corrected chi connectivity index (χ1v) is 8.69. The molecule has 1 atom stereocenters. The number of rotatable bonds is 1. The van der Waals surface area contributed by atoms with Crippen molar-refractivity contribution in [1.29, 1.82) is 0 Å². The van der Waals surface area contributed by atoms with Gasteiger partial charge < -0.3 is 5.11 Å². The highest BCUT2D eigenvalue weighted by Crippen LogP contribution is 2.49. The summed E-state index contributed by atoms with van der Waals surface area (Å²) in [5.74, 6) is -4.16. The molecule has 1 aromatic rings. The number of nitrogens with zero attached hydrogens (tertiary/aromatic N) is 2. The second kappa shape index (κ2) is 4.88. The average Bonchev–Trinajstić information content (AvgIpc) is 2.86. The van der Waals surface area contributed by atoms with E-state index in [4.69, 9.17) is 0 Å². The van der Waals surface area contributed by atoms with Crippen LogP contribution in [-0.4, -0.2) is 40.7 Å². The maximum Gasteiger partial charge on any atom is 0.435 e. The molecule has 3 rings (SSSR count). The van der Waals surface area contributed by atoms with Crippen molar-refractivity contribution in [2.45, 2.75) is 43.5 Å². The molecule has 130 valence electrons. The Morgan fingerprint density at radius 2 is 1.78 bits per heavy atom. The molecule has 1 saturated heterocycles. The van der Waals surface area contributed by atoms with Crippen LogP contribution >= 0.6 is 0 Å². The number of aromatic nitrogens is 2. The highest BCUT2D eigenvalue weighted by molar-refractivity contribution is 7.91. The van der Waals surface area contributed by atoms with Gasteiger partial charge in [-0.3, -0.25) is 4.68 Å². The molecule has 2 aliphatic rings. The molecule has 23 heavy (non-hydrogen) atoms. The molecule has 0 aromatic carbocycles. The Kier molecular flexibility index (Phi) is 3.53. The molecule has 0 saturated carbocycles. The smallest absolute Gasteiger partial charge is 0.382 e. The summed E-state index contributed by atoms with van der Waals surface area (Å²) in [6.07, 6.45) is -8.56. The highest BCUT2D eigenvalue weighted by atomic mass is 32.2. The maximum atomic E-state index is 13.6. The highest BCUT2D eigenvalue weighted by Gasteiger charge is 2.55. The first-order valence-electron chi connectivity index (χ1n) is 6.87. The maximum absolute atomic E-state index is 13.6. The number of fused-ring (bicyclic) bond motifs is 1. The number of alkyl halides is 5. The Morgan fingerprint density at radius 1 is 1.22 bits per heavy atom. The van der Waals surface area contributed by atoms with Crippen LogP contribution in [0.2, 0.25) is 0 Å². The van der Waals surface area contributed by atoms with E-state index in [1.807, 2.05) is 0 Å². The van der Waals surface area contributed by atoms with Gasteiger partial charge in [0.25, 0.3) is 5.92 Å². The van der Waals surface area contributed by atoms with E-state index >= 15 is 0 Å². The van der Waals surface area contributed by atoms with Crippen molar-refractivity contribution in [3.8, 4) is 0 Å². The molecule has 1 fully saturated rings. The molecule has 1 aliphatic heterocycles. The van der Waals surface area contributed by atoms with Gasteiger partial charge in [-0.1, -0.05) is 0 Å². The molecule has 1 aromatic heterocycles. The van der Waals surface area contributed by atoms with E-state index in [-0.39, 0.29) is 30.0 Å². The van der Waals surface area contributed by atoms with Gasteiger partial charge in [0.2, 0.25) is 0 Å². The molecule has 5 nitrogen and oxygen atoms in total. The topological polar surface area (TPSA) is 72.2 Å².